The Morgan fingerprint density at radius 3 is 2.59 bits per heavy atom. The van der Waals surface area contributed by atoms with E-state index in [1.165, 1.54) is 22.8 Å². The number of aromatic nitrogens is 1. The van der Waals surface area contributed by atoms with Crippen LogP contribution in [0.5, 0.6) is 0 Å². The van der Waals surface area contributed by atoms with Crippen LogP contribution < -0.4 is 16.5 Å². The standard InChI is InChI=1S/C22H28ClN7O2/c1-3-15-4-6-16(7-5-15)20(13-26-2)29-21(31)18(24)14-30(25)11-10-27-22(32)19-9-8-17(23)12-28-19/h4-9,12-13,20,24H,3,10-11,14,25H2,1-2H3,(H,27,32)(H,29,31). The zero-order valence-electron chi connectivity index (χ0n) is 18.1. The summed E-state index contributed by atoms with van der Waals surface area (Å²) in [4.78, 5) is 32.5. The second kappa shape index (κ2) is 12.7. The van der Waals surface area contributed by atoms with Gasteiger partial charge in [0.25, 0.3) is 11.8 Å². The van der Waals surface area contributed by atoms with E-state index in [-0.39, 0.29) is 36.9 Å². The molecule has 0 spiro atoms. The molecule has 0 aliphatic carbocycles. The smallest absolute Gasteiger partial charge is 0.269 e. The first-order chi connectivity index (χ1) is 15.3. The number of rotatable bonds is 11. The lowest BCUT2D eigenvalue weighted by Crippen LogP contribution is -2.46. The molecule has 32 heavy (non-hydrogen) atoms. The predicted octanol–water partition coefficient (Wildman–Crippen LogP) is 1.78. The van der Waals surface area contributed by atoms with Gasteiger partial charge in [-0.25, -0.2) is 9.99 Å². The van der Waals surface area contributed by atoms with Gasteiger partial charge in [0.15, 0.2) is 0 Å². The minimum Gasteiger partial charge on any atom is -0.349 e. The molecule has 1 heterocycles. The van der Waals surface area contributed by atoms with Crippen molar-refractivity contribution >= 4 is 35.3 Å². The molecule has 0 fully saturated rings. The van der Waals surface area contributed by atoms with Crippen LogP contribution in [0.15, 0.2) is 47.6 Å². The van der Waals surface area contributed by atoms with Gasteiger partial charge in [-0.05, 0) is 29.7 Å². The molecule has 0 aliphatic heterocycles. The summed E-state index contributed by atoms with van der Waals surface area (Å²) in [5.74, 6) is 4.99. The third-order valence-corrected chi connectivity index (χ3v) is 4.84. The van der Waals surface area contributed by atoms with E-state index in [0.717, 1.165) is 12.0 Å². The number of halogens is 1. The maximum absolute atomic E-state index is 12.5. The number of benzene rings is 1. The number of aryl methyl sites for hydroxylation is 1. The van der Waals surface area contributed by atoms with Crippen molar-refractivity contribution in [2.75, 3.05) is 26.7 Å². The van der Waals surface area contributed by atoms with Gasteiger partial charge in [-0.15, -0.1) is 0 Å². The van der Waals surface area contributed by atoms with Gasteiger partial charge in [-0.2, -0.15) is 0 Å². The van der Waals surface area contributed by atoms with Crippen molar-refractivity contribution in [2.24, 2.45) is 10.8 Å². The van der Waals surface area contributed by atoms with Gasteiger partial charge >= 0.3 is 0 Å². The van der Waals surface area contributed by atoms with Crippen molar-refractivity contribution in [3.05, 3.63) is 64.4 Å². The molecular weight excluding hydrogens is 430 g/mol. The van der Waals surface area contributed by atoms with Crippen molar-refractivity contribution in [3.8, 4) is 0 Å². The lowest BCUT2D eigenvalue weighted by atomic mass is 10.0. The van der Waals surface area contributed by atoms with Gasteiger partial charge in [-0.3, -0.25) is 25.8 Å². The van der Waals surface area contributed by atoms with Gasteiger partial charge < -0.3 is 10.6 Å². The second-order valence-electron chi connectivity index (χ2n) is 7.02. The monoisotopic (exact) mass is 457 g/mol. The highest BCUT2D eigenvalue weighted by molar-refractivity contribution is 6.38. The Morgan fingerprint density at radius 1 is 1.28 bits per heavy atom. The summed E-state index contributed by atoms with van der Waals surface area (Å²) in [6, 6.07) is 10.5. The van der Waals surface area contributed by atoms with Crippen LogP contribution in [0.3, 0.4) is 0 Å². The molecule has 170 valence electrons. The molecule has 1 atom stereocenters. The van der Waals surface area contributed by atoms with Crippen LogP contribution >= 0.6 is 11.6 Å². The first kappa shape index (κ1) is 25.1. The van der Waals surface area contributed by atoms with Gasteiger partial charge in [0.1, 0.15) is 11.4 Å². The third kappa shape index (κ3) is 7.84. The van der Waals surface area contributed by atoms with E-state index in [1.807, 2.05) is 24.3 Å². The molecular formula is C22H28ClN7O2. The molecule has 0 saturated carbocycles. The summed E-state index contributed by atoms with van der Waals surface area (Å²) >= 11 is 5.75. The summed E-state index contributed by atoms with van der Waals surface area (Å²) in [5, 5.41) is 15.3. The summed E-state index contributed by atoms with van der Waals surface area (Å²) in [6.45, 7) is 2.46. The van der Waals surface area contributed by atoms with Crippen molar-refractivity contribution in [1.29, 1.82) is 5.41 Å². The SMILES string of the molecule is CCc1ccc(C(C=NC)NC(=O)C(=N)CN(N)CCNC(=O)c2ccc(Cl)cn2)cc1. The number of nitrogens with zero attached hydrogens (tertiary/aromatic N) is 3. The van der Waals surface area contributed by atoms with E-state index in [0.29, 0.717) is 5.02 Å². The van der Waals surface area contributed by atoms with E-state index in [4.69, 9.17) is 22.9 Å². The number of nitrogens with two attached hydrogens (primary N) is 1. The molecule has 2 amide bonds. The molecule has 5 N–H and O–H groups in total. The lowest BCUT2D eigenvalue weighted by Gasteiger charge is -2.19. The summed E-state index contributed by atoms with van der Waals surface area (Å²) in [6.07, 6.45) is 3.93. The normalized spacial score (nSPS) is 12.0. The minimum absolute atomic E-state index is 0.0777. The molecule has 0 aliphatic rings. The largest absolute Gasteiger partial charge is 0.349 e. The van der Waals surface area contributed by atoms with Crippen LogP contribution in [0, 0.1) is 5.41 Å². The molecule has 0 bridgehead atoms. The Kier molecular flexibility index (Phi) is 9.93. The minimum atomic E-state index is -0.542. The summed E-state index contributed by atoms with van der Waals surface area (Å²) in [7, 11) is 1.63. The Hall–Kier alpha value is -3.14. The van der Waals surface area contributed by atoms with Crippen molar-refractivity contribution in [3.63, 3.8) is 0 Å². The Morgan fingerprint density at radius 2 is 2.00 bits per heavy atom. The van der Waals surface area contributed by atoms with Gasteiger partial charge in [0.2, 0.25) is 0 Å². The molecule has 2 rings (SSSR count). The average Bonchev–Trinajstić information content (AvgIpc) is 2.79. The first-order valence-electron chi connectivity index (χ1n) is 10.1. The second-order valence-corrected chi connectivity index (χ2v) is 7.46. The number of hydrogen-bond donors (Lipinski definition) is 4. The summed E-state index contributed by atoms with van der Waals surface area (Å²) in [5.41, 5.74) is 2.10. The van der Waals surface area contributed by atoms with Gasteiger partial charge in [-0.1, -0.05) is 42.8 Å². The summed E-state index contributed by atoms with van der Waals surface area (Å²) < 4.78 is 0. The number of hydrogen-bond acceptors (Lipinski definition) is 7. The predicted molar refractivity (Wildman–Crippen MR) is 126 cm³/mol. The number of hydrazine groups is 1. The molecule has 1 aromatic carbocycles. The molecule has 0 saturated heterocycles. The highest BCUT2D eigenvalue weighted by Gasteiger charge is 2.18. The number of carbonyl (C=O) groups excluding carboxylic acids is 2. The lowest BCUT2D eigenvalue weighted by molar-refractivity contribution is -0.115. The third-order valence-electron chi connectivity index (χ3n) is 4.61. The quantitative estimate of drug-likeness (QED) is 0.231. The van der Waals surface area contributed by atoms with E-state index < -0.39 is 11.9 Å². The molecule has 1 aromatic heterocycles. The van der Waals surface area contributed by atoms with Crippen molar-refractivity contribution < 1.29 is 9.59 Å². The van der Waals surface area contributed by atoms with E-state index in [9.17, 15) is 9.59 Å². The highest BCUT2D eigenvalue weighted by atomic mass is 35.5. The number of nitrogens with one attached hydrogen (secondary N) is 3. The number of amides is 2. The fourth-order valence-corrected chi connectivity index (χ4v) is 2.92. The number of pyridine rings is 1. The van der Waals surface area contributed by atoms with Crippen LogP contribution in [0.1, 0.15) is 34.6 Å². The van der Waals surface area contributed by atoms with E-state index in [1.54, 1.807) is 19.3 Å². The fraction of sp³-hybridized carbons (Fsp3) is 0.318. The molecule has 1 unspecified atom stereocenters. The van der Waals surface area contributed by atoms with Crippen molar-refractivity contribution in [2.45, 2.75) is 19.4 Å². The first-order valence-corrected chi connectivity index (χ1v) is 10.5. The fourth-order valence-electron chi connectivity index (χ4n) is 2.81. The average molecular weight is 458 g/mol. The zero-order valence-corrected chi connectivity index (χ0v) is 18.9. The van der Waals surface area contributed by atoms with Gasteiger partial charge in [0, 0.05) is 32.5 Å². The number of carbonyl (C=O) groups is 2. The molecule has 2 aromatic rings. The number of aliphatic imine (C=N–C) groups is 1. The van der Waals surface area contributed by atoms with Crippen molar-refractivity contribution in [1.82, 2.24) is 20.6 Å². The van der Waals surface area contributed by atoms with E-state index in [2.05, 4.69) is 27.5 Å². The van der Waals surface area contributed by atoms with Crippen LogP contribution in [0.2, 0.25) is 5.02 Å². The molecule has 9 nitrogen and oxygen atoms in total. The van der Waals surface area contributed by atoms with E-state index >= 15 is 0 Å². The Labute approximate surface area is 192 Å². The molecule has 0 radical (unpaired) electrons. The topological polar surface area (TPSA) is 137 Å². The van der Waals surface area contributed by atoms with Crippen LogP contribution in [-0.2, 0) is 11.2 Å². The maximum Gasteiger partial charge on any atom is 0.269 e. The Balaban J connectivity index is 1.82. The van der Waals surface area contributed by atoms with Crippen LogP contribution in [-0.4, -0.2) is 60.4 Å². The highest BCUT2D eigenvalue weighted by Crippen LogP contribution is 2.13. The maximum atomic E-state index is 12.5. The zero-order chi connectivity index (χ0) is 23.5. The Bertz CT molecular complexity index is 946. The van der Waals surface area contributed by atoms with Gasteiger partial charge in [0.05, 0.1) is 17.6 Å². The van der Waals surface area contributed by atoms with Crippen LogP contribution in [0.25, 0.3) is 0 Å². The molecule has 10 heteroatoms. The van der Waals surface area contributed by atoms with Crippen LogP contribution in [0.4, 0.5) is 0 Å².